The number of carboxylic acids is 2. The van der Waals surface area contributed by atoms with E-state index in [1.54, 1.807) is 10.8 Å². The van der Waals surface area contributed by atoms with Crippen molar-refractivity contribution in [3.8, 4) is 0 Å². The average molecular weight is 381 g/mol. The summed E-state index contributed by atoms with van der Waals surface area (Å²) >= 11 is 3.41. The monoisotopic (exact) mass is 380 g/mol. The van der Waals surface area contributed by atoms with Crippen molar-refractivity contribution in [2.45, 2.75) is 25.4 Å². The molecule has 1 saturated heterocycles. The highest BCUT2D eigenvalue weighted by molar-refractivity contribution is 9.10. The first-order valence-corrected chi connectivity index (χ1v) is 8.23. The average Bonchev–Trinajstić information content (AvgIpc) is 3.08. The second kappa shape index (κ2) is 6.33. The lowest BCUT2D eigenvalue weighted by Crippen LogP contribution is -2.31. The Hall–Kier alpha value is -1.86. The van der Waals surface area contributed by atoms with E-state index in [0.717, 1.165) is 41.3 Å². The number of aromatic nitrogens is 1. The lowest BCUT2D eigenvalue weighted by molar-refractivity contribution is -0.143. The summed E-state index contributed by atoms with van der Waals surface area (Å²) in [7, 11) is 0. The Bertz CT molecular complexity index is 765. The molecule has 1 atom stereocenters. The second-order valence-corrected chi connectivity index (χ2v) is 6.67. The number of nitrogens with zero attached hydrogens (tertiary/aromatic N) is 2. The smallest absolute Gasteiger partial charge is 0.325 e. The molecule has 3 rings (SSSR count). The Kier molecular flexibility index (Phi) is 4.41. The summed E-state index contributed by atoms with van der Waals surface area (Å²) < 4.78 is 2.44. The Morgan fingerprint density at radius 1 is 1.22 bits per heavy atom. The summed E-state index contributed by atoms with van der Waals surface area (Å²) in [6.07, 6.45) is 3.64. The van der Waals surface area contributed by atoms with Crippen molar-refractivity contribution in [2.75, 3.05) is 13.1 Å². The zero-order valence-electron chi connectivity index (χ0n) is 12.4. The molecule has 0 unspecified atom stereocenters. The van der Waals surface area contributed by atoms with E-state index in [0.29, 0.717) is 5.56 Å². The van der Waals surface area contributed by atoms with Crippen LogP contribution in [0.4, 0.5) is 0 Å². The van der Waals surface area contributed by atoms with Gasteiger partial charge in [-0.2, -0.15) is 0 Å². The molecule has 0 spiro atoms. The molecule has 6 nitrogen and oxygen atoms in total. The van der Waals surface area contributed by atoms with Gasteiger partial charge in [-0.3, -0.25) is 14.5 Å². The van der Waals surface area contributed by atoms with Gasteiger partial charge in [0.1, 0.15) is 12.6 Å². The predicted molar refractivity (Wildman–Crippen MR) is 88.5 cm³/mol. The number of aliphatic carboxylic acids is 2. The standard InChI is InChI=1S/C16H17BrN2O4/c17-10-3-4-13-11(7-10)12(8-19(13)9-14(20)21)15(16(22)23)18-5-1-2-6-18/h3-4,7-8,15H,1-2,5-6,9H2,(H,20,21)(H,22,23)/t15-/m0/s1. The first kappa shape index (κ1) is 16.0. The Balaban J connectivity index is 2.15. The van der Waals surface area contributed by atoms with E-state index in [1.165, 1.54) is 0 Å². The Labute approximate surface area is 141 Å². The largest absolute Gasteiger partial charge is 0.480 e. The molecule has 0 radical (unpaired) electrons. The van der Waals surface area contributed by atoms with E-state index < -0.39 is 18.0 Å². The first-order chi connectivity index (χ1) is 11.0. The van der Waals surface area contributed by atoms with E-state index in [4.69, 9.17) is 5.11 Å². The van der Waals surface area contributed by atoms with Gasteiger partial charge in [0, 0.05) is 27.1 Å². The molecule has 0 aliphatic carbocycles. The van der Waals surface area contributed by atoms with Crippen LogP contribution in [0.25, 0.3) is 10.9 Å². The van der Waals surface area contributed by atoms with Crippen LogP contribution in [0.1, 0.15) is 24.4 Å². The molecule has 122 valence electrons. The van der Waals surface area contributed by atoms with Gasteiger partial charge in [0.2, 0.25) is 0 Å². The number of fused-ring (bicyclic) bond motifs is 1. The molecular formula is C16H17BrN2O4. The zero-order chi connectivity index (χ0) is 16.6. The molecule has 2 heterocycles. The minimum atomic E-state index is -0.954. The van der Waals surface area contributed by atoms with Crippen LogP contribution in [-0.2, 0) is 16.1 Å². The topological polar surface area (TPSA) is 82.8 Å². The third-order valence-electron chi connectivity index (χ3n) is 4.21. The summed E-state index contributed by atoms with van der Waals surface area (Å²) in [5, 5.41) is 19.6. The van der Waals surface area contributed by atoms with Crippen LogP contribution in [0.5, 0.6) is 0 Å². The Morgan fingerprint density at radius 2 is 1.91 bits per heavy atom. The van der Waals surface area contributed by atoms with Crippen LogP contribution in [-0.4, -0.2) is 44.7 Å². The molecule has 1 aromatic heterocycles. The fourth-order valence-corrected chi connectivity index (χ4v) is 3.64. The first-order valence-electron chi connectivity index (χ1n) is 7.44. The van der Waals surface area contributed by atoms with Crippen molar-refractivity contribution in [1.29, 1.82) is 0 Å². The van der Waals surface area contributed by atoms with Gasteiger partial charge in [-0.05, 0) is 44.1 Å². The van der Waals surface area contributed by atoms with Crippen LogP contribution in [0, 0.1) is 0 Å². The fourth-order valence-electron chi connectivity index (χ4n) is 3.28. The van der Waals surface area contributed by atoms with Crippen LogP contribution in [0.15, 0.2) is 28.9 Å². The van der Waals surface area contributed by atoms with E-state index in [-0.39, 0.29) is 6.54 Å². The molecule has 23 heavy (non-hydrogen) atoms. The van der Waals surface area contributed by atoms with E-state index in [1.807, 2.05) is 23.1 Å². The number of likely N-dealkylation sites (tertiary alicyclic amines) is 1. The number of carbonyl (C=O) groups is 2. The fraction of sp³-hybridized carbons (Fsp3) is 0.375. The molecular weight excluding hydrogens is 364 g/mol. The zero-order valence-corrected chi connectivity index (χ0v) is 14.0. The minimum absolute atomic E-state index is 0.190. The van der Waals surface area contributed by atoms with Crippen molar-refractivity contribution in [2.24, 2.45) is 0 Å². The number of benzene rings is 1. The third-order valence-corrected chi connectivity index (χ3v) is 4.71. The molecule has 0 amide bonds. The highest BCUT2D eigenvalue weighted by Gasteiger charge is 2.32. The van der Waals surface area contributed by atoms with Gasteiger partial charge in [0.15, 0.2) is 0 Å². The van der Waals surface area contributed by atoms with Gasteiger partial charge < -0.3 is 14.8 Å². The summed E-state index contributed by atoms with van der Waals surface area (Å²) in [5.41, 5.74) is 1.38. The van der Waals surface area contributed by atoms with E-state index in [9.17, 15) is 14.7 Å². The molecule has 0 bridgehead atoms. The maximum absolute atomic E-state index is 11.9. The molecule has 1 aromatic carbocycles. The summed E-state index contributed by atoms with van der Waals surface area (Å²) in [4.78, 5) is 24.9. The van der Waals surface area contributed by atoms with Gasteiger partial charge in [0.05, 0.1) is 0 Å². The normalized spacial score (nSPS) is 16.7. The highest BCUT2D eigenvalue weighted by atomic mass is 79.9. The van der Waals surface area contributed by atoms with Crippen molar-refractivity contribution in [3.63, 3.8) is 0 Å². The van der Waals surface area contributed by atoms with Gasteiger partial charge in [-0.15, -0.1) is 0 Å². The predicted octanol–water partition coefficient (Wildman–Crippen LogP) is 2.71. The third kappa shape index (κ3) is 3.11. The quantitative estimate of drug-likeness (QED) is 0.832. The molecule has 2 N–H and O–H groups in total. The summed E-state index contributed by atoms with van der Waals surface area (Å²) in [6.45, 7) is 1.30. The number of hydrogen-bond acceptors (Lipinski definition) is 3. The molecule has 1 aliphatic heterocycles. The number of hydrogen-bond donors (Lipinski definition) is 2. The second-order valence-electron chi connectivity index (χ2n) is 5.75. The summed E-state index contributed by atoms with van der Waals surface area (Å²) in [6, 6.07) is 4.75. The highest BCUT2D eigenvalue weighted by Crippen LogP contribution is 2.34. The lowest BCUT2D eigenvalue weighted by atomic mass is 10.0. The van der Waals surface area contributed by atoms with Gasteiger partial charge >= 0.3 is 11.9 Å². The maximum Gasteiger partial charge on any atom is 0.325 e. The SMILES string of the molecule is O=C(O)Cn1cc([C@@H](C(=O)O)N2CCCC2)c2cc(Br)ccc21. The van der Waals surface area contributed by atoms with Crippen molar-refractivity contribution >= 4 is 38.8 Å². The van der Waals surface area contributed by atoms with E-state index in [2.05, 4.69) is 15.9 Å². The number of halogens is 1. The van der Waals surface area contributed by atoms with E-state index >= 15 is 0 Å². The maximum atomic E-state index is 11.9. The Morgan fingerprint density at radius 3 is 2.52 bits per heavy atom. The lowest BCUT2D eigenvalue weighted by Gasteiger charge is -2.23. The molecule has 1 aliphatic rings. The molecule has 2 aromatic rings. The van der Waals surface area contributed by atoms with Crippen LogP contribution >= 0.6 is 15.9 Å². The number of rotatable bonds is 5. The van der Waals surface area contributed by atoms with Crippen molar-refractivity contribution in [3.05, 3.63) is 34.4 Å². The van der Waals surface area contributed by atoms with Gasteiger partial charge in [-0.25, -0.2) is 0 Å². The molecule has 1 fully saturated rings. The van der Waals surface area contributed by atoms with Crippen molar-refractivity contribution in [1.82, 2.24) is 9.47 Å². The van der Waals surface area contributed by atoms with Crippen LogP contribution < -0.4 is 0 Å². The summed E-state index contributed by atoms with van der Waals surface area (Å²) in [5.74, 6) is -1.86. The van der Waals surface area contributed by atoms with Gasteiger partial charge in [0.25, 0.3) is 0 Å². The molecule has 7 heteroatoms. The molecule has 0 saturated carbocycles. The van der Waals surface area contributed by atoms with Gasteiger partial charge in [-0.1, -0.05) is 15.9 Å². The minimum Gasteiger partial charge on any atom is -0.480 e. The van der Waals surface area contributed by atoms with Crippen LogP contribution in [0.3, 0.4) is 0 Å². The van der Waals surface area contributed by atoms with Crippen LogP contribution in [0.2, 0.25) is 0 Å². The van der Waals surface area contributed by atoms with Crippen molar-refractivity contribution < 1.29 is 19.8 Å². The number of carboxylic acid groups (broad SMARTS) is 2.